The first kappa shape index (κ1) is 11.5. The topological polar surface area (TPSA) is 53.1 Å². The molecule has 1 heterocycles. The van der Waals surface area contributed by atoms with Crippen LogP contribution in [0.25, 0.3) is 0 Å². The second-order valence-corrected chi connectivity index (χ2v) is 3.57. The average molecular weight is 218 g/mol. The van der Waals surface area contributed by atoms with Crippen LogP contribution in [0.1, 0.15) is 25.1 Å². The van der Waals surface area contributed by atoms with Crippen LogP contribution in [-0.2, 0) is 11.3 Å². The molecule has 5 heteroatoms. The molecule has 1 rings (SSSR count). The molecule has 2 N–H and O–H groups in total. The van der Waals surface area contributed by atoms with E-state index in [-0.39, 0.29) is 6.04 Å². The van der Waals surface area contributed by atoms with Gasteiger partial charge in [0.05, 0.1) is 29.6 Å². The van der Waals surface area contributed by atoms with Gasteiger partial charge in [-0.3, -0.25) is 4.68 Å². The number of aromatic nitrogens is 2. The van der Waals surface area contributed by atoms with Gasteiger partial charge in [0, 0.05) is 13.7 Å². The maximum Gasteiger partial charge on any atom is 0.0834 e. The Balaban J connectivity index is 2.86. The summed E-state index contributed by atoms with van der Waals surface area (Å²) in [6.45, 7) is 3.37. The van der Waals surface area contributed by atoms with Crippen LogP contribution in [-0.4, -0.2) is 23.5 Å². The van der Waals surface area contributed by atoms with E-state index in [1.807, 2.05) is 4.68 Å². The Kier molecular flexibility index (Phi) is 4.38. The lowest BCUT2D eigenvalue weighted by Gasteiger charge is -2.13. The summed E-state index contributed by atoms with van der Waals surface area (Å²) in [6.07, 6.45) is 2.63. The van der Waals surface area contributed by atoms with Crippen molar-refractivity contribution in [3.63, 3.8) is 0 Å². The summed E-state index contributed by atoms with van der Waals surface area (Å²) >= 11 is 5.99. The van der Waals surface area contributed by atoms with E-state index < -0.39 is 0 Å². The van der Waals surface area contributed by atoms with E-state index in [1.165, 1.54) is 0 Å². The first-order valence-corrected chi connectivity index (χ1v) is 5.04. The van der Waals surface area contributed by atoms with E-state index in [0.29, 0.717) is 11.6 Å². The van der Waals surface area contributed by atoms with E-state index in [0.717, 1.165) is 18.7 Å². The molecule has 0 spiro atoms. The minimum atomic E-state index is -0.207. The highest BCUT2D eigenvalue weighted by molar-refractivity contribution is 6.31. The van der Waals surface area contributed by atoms with Gasteiger partial charge in [0.2, 0.25) is 0 Å². The maximum atomic E-state index is 5.99. The molecule has 4 nitrogen and oxygen atoms in total. The van der Waals surface area contributed by atoms with Gasteiger partial charge >= 0.3 is 0 Å². The number of nitrogens with zero attached hydrogens (tertiary/aromatic N) is 2. The molecule has 1 aromatic rings. The van der Waals surface area contributed by atoms with Gasteiger partial charge in [-0.1, -0.05) is 18.5 Å². The molecule has 1 unspecified atom stereocenters. The van der Waals surface area contributed by atoms with Gasteiger partial charge < -0.3 is 10.5 Å². The Morgan fingerprint density at radius 1 is 1.71 bits per heavy atom. The summed E-state index contributed by atoms with van der Waals surface area (Å²) in [4.78, 5) is 0. The third-order valence-corrected chi connectivity index (χ3v) is 2.26. The Labute approximate surface area is 89.0 Å². The van der Waals surface area contributed by atoms with Crippen molar-refractivity contribution in [2.45, 2.75) is 25.9 Å². The average Bonchev–Trinajstić information content (AvgIpc) is 2.48. The highest BCUT2D eigenvalue weighted by Gasteiger charge is 2.15. The van der Waals surface area contributed by atoms with E-state index in [2.05, 4.69) is 12.0 Å². The van der Waals surface area contributed by atoms with Gasteiger partial charge in [-0.05, 0) is 6.42 Å². The Morgan fingerprint density at radius 3 is 3.00 bits per heavy atom. The zero-order chi connectivity index (χ0) is 10.6. The van der Waals surface area contributed by atoms with Crippen LogP contribution in [0.5, 0.6) is 0 Å². The van der Waals surface area contributed by atoms with Crippen LogP contribution in [0.3, 0.4) is 0 Å². The van der Waals surface area contributed by atoms with Crippen LogP contribution in [0.4, 0.5) is 0 Å². The van der Waals surface area contributed by atoms with Crippen molar-refractivity contribution in [1.29, 1.82) is 0 Å². The third kappa shape index (κ3) is 2.47. The monoisotopic (exact) mass is 217 g/mol. The van der Waals surface area contributed by atoms with E-state index >= 15 is 0 Å². The molecule has 80 valence electrons. The highest BCUT2D eigenvalue weighted by atomic mass is 35.5. The zero-order valence-corrected chi connectivity index (χ0v) is 9.29. The smallest absolute Gasteiger partial charge is 0.0834 e. The maximum absolute atomic E-state index is 5.99. The molecular formula is C9H16ClN3O. The summed E-state index contributed by atoms with van der Waals surface area (Å²) in [5, 5.41) is 4.77. The first-order chi connectivity index (χ1) is 6.70. The van der Waals surface area contributed by atoms with Crippen molar-refractivity contribution in [2.24, 2.45) is 5.73 Å². The predicted molar refractivity (Wildman–Crippen MR) is 56.3 cm³/mol. The Morgan fingerprint density at radius 2 is 2.43 bits per heavy atom. The van der Waals surface area contributed by atoms with Crippen molar-refractivity contribution < 1.29 is 4.74 Å². The molecule has 1 atom stereocenters. The van der Waals surface area contributed by atoms with Gasteiger partial charge in [0.25, 0.3) is 0 Å². The van der Waals surface area contributed by atoms with Crippen LogP contribution in [0, 0.1) is 0 Å². The molecule has 0 radical (unpaired) electrons. The number of nitrogens with two attached hydrogens (primary N) is 1. The predicted octanol–water partition coefficient (Wildman–Crippen LogP) is 1.59. The fraction of sp³-hybridized carbons (Fsp3) is 0.667. The molecule has 0 saturated carbocycles. The molecule has 14 heavy (non-hydrogen) atoms. The summed E-state index contributed by atoms with van der Waals surface area (Å²) in [6, 6.07) is -0.207. The lowest BCUT2D eigenvalue weighted by atomic mass is 10.2. The molecule has 0 saturated heterocycles. The summed E-state index contributed by atoms with van der Waals surface area (Å²) < 4.78 is 6.83. The fourth-order valence-corrected chi connectivity index (χ4v) is 1.67. The molecule has 1 aromatic heterocycles. The second kappa shape index (κ2) is 5.34. The second-order valence-electron chi connectivity index (χ2n) is 3.16. The number of aryl methyl sites for hydroxylation is 1. The van der Waals surface area contributed by atoms with Crippen molar-refractivity contribution >= 4 is 11.6 Å². The Bertz CT molecular complexity index is 288. The Hall–Kier alpha value is -0.580. The van der Waals surface area contributed by atoms with E-state index in [4.69, 9.17) is 22.1 Å². The molecule has 0 aliphatic heterocycles. The van der Waals surface area contributed by atoms with Gasteiger partial charge in [0.1, 0.15) is 0 Å². The number of ether oxygens (including phenoxy) is 1. The number of methoxy groups -OCH3 is 1. The molecule has 0 aromatic carbocycles. The quantitative estimate of drug-likeness (QED) is 0.815. The number of hydrogen-bond donors (Lipinski definition) is 1. The fourth-order valence-electron chi connectivity index (χ4n) is 1.39. The standard InChI is InChI=1S/C9H16ClN3O/c1-3-4-13-9(7(10)5-12-13)8(11)6-14-2/h5,8H,3-4,6,11H2,1-2H3. The SMILES string of the molecule is CCCn1ncc(Cl)c1C(N)COC. The van der Waals surface area contributed by atoms with Crippen LogP contribution in [0.2, 0.25) is 5.02 Å². The van der Waals surface area contributed by atoms with Crippen LogP contribution >= 0.6 is 11.6 Å². The minimum absolute atomic E-state index is 0.207. The van der Waals surface area contributed by atoms with Crippen LogP contribution in [0.15, 0.2) is 6.20 Å². The van der Waals surface area contributed by atoms with Crippen molar-refractivity contribution in [3.05, 3.63) is 16.9 Å². The number of rotatable bonds is 5. The van der Waals surface area contributed by atoms with E-state index in [1.54, 1.807) is 13.3 Å². The lowest BCUT2D eigenvalue weighted by Crippen LogP contribution is -2.21. The lowest BCUT2D eigenvalue weighted by molar-refractivity contribution is 0.177. The van der Waals surface area contributed by atoms with Crippen molar-refractivity contribution in [1.82, 2.24) is 9.78 Å². The normalized spacial score (nSPS) is 13.1. The molecular weight excluding hydrogens is 202 g/mol. The number of halogens is 1. The van der Waals surface area contributed by atoms with Crippen LogP contribution < -0.4 is 5.73 Å². The zero-order valence-electron chi connectivity index (χ0n) is 8.53. The largest absolute Gasteiger partial charge is 0.383 e. The highest BCUT2D eigenvalue weighted by Crippen LogP contribution is 2.21. The molecule has 0 bridgehead atoms. The molecule has 0 aliphatic rings. The number of hydrogen-bond acceptors (Lipinski definition) is 3. The third-order valence-electron chi connectivity index (χ3n) is 1.97. The van der Waals surface area contributed by atoms with Crippen molar-refractivity contribution in [2.75, 3.05) is 13.7 Å². The summed E-state index contributed by atoms with van der Waals surface area (Å²) in [5.41, 5.74) is 6.77. The molecule has 0 amide bonds. The minimum Gasteiger partial charge on any atom is -0.383 e. The summed E-state index contributed by atoms with van der Waals surface area (Å²) in [5.74, 6) is 0. The van der Waals surface area contributed by atoms with Gasteiger partial charge in [0.15, 0.2) is 0 Å². The van der Waals surface area contributed by atoms with Gasteiger partial charge in [-0.2, -0.15) is 5.10 Å². The van der Waals surface area contributed by atoms with Crippen molar-refractivity contribution in [3.8, 4) is 0 Å². The van der Waals surface area contributed by atoms with Gasteiger partial charge in [-0.25, -0.2) is 0 Å². The first-order valence-electron chi connectivity index (χ1n) is 4.66. The van der Waals surface area contributed by atoms with E-state index in [9.17, 15) is 0 Å². The molecule has 0 fully saturated rings. The molecule has 0 aliphatic carbocycles. The summed E-state index contributed by atoms with van der Waals surface area (Å²) in [7, 11) is 1.62. The van der Waals surface area contributed by atoms with Gasteiger partial charge in [-0.15, -0.1) is 0 Å².